The molecule has 31 heavy (non-hydrogen) atoms. The van der Waals surface area contributed by atoms with Crippen LogP contribution in [0.25, 0.3) is 5.70 Å². The smallest absolute Gasteiger partial charge is 0.256 e. The summed E-state index contributed by atoms with van der Waals surface area (Å²) in [5.41, 5.74) is 2.67. The zero-order chi connectivity index (χ0) is 21.2. The maximum absolute atomic E-state index is 13.7. The summed E-state index contributed by atoms with van der Waals surface area (Å²) < 4.78 is 6.23. The van der Waals surface area contributed by atoms with E-state index < -0.39 is 0 Å². The van der Waals surface area contributed by atoms with E-state index in [1.807, 2.05) is 49.2 Å². The second kappa shape index (κ2) is 6.64. The van der Waals surface area contributed by atoms with Crippen molar-refractivity contribution in [3.05, 3.63) is 65.9 Å². The molecule has 0 radical (unpaired) electrons. The number of pyridine rings is 1. The van der Waals surface area contributed by atoms with E-state index >= 15 is 0 Å². The van der Waals surface area contributed by atoms with Gasteiger partial charge >= 0.3 is 0 Å². The number of rotatable bonds is 4. The Morgan fingerprint density at radius 1 is 1.23 bits per heavy atom. The summed E-state index contributed by atoms with van der Waals surface area (Å²) in [6.07, 6.45) is 11.3. The molecule has 2 aromatic heterocycles. The second-order valence-electron chi connectivity index (χ2n) is 9.22. The third-order valence-corrected chi connectivity index (χ3v) is 7.18. The molecule has 4 aliphatic rings. The highest BCUT2D eigenvalue weighted by Gasteiger charge is 2.76. The standard InChI is InChI=1S/C24H25N5O2/c1-14-4-7-19(27-12-14)31-18-11-24-10-16(24)13-29(21(18)24)23(30)17-6-5-15(2)28-20(17)22-25-8-3-9-26-22/h3-9,12,15-16,18,21,28H,10-11,13H2,1-2H3. The van der Waals surface area contributed by atoms with E-state index in [-0.39, 0.29) is 29.5 Å². The van der Waals surface area contributed by atoms with Crippen LogP contribution in [-0.4, -0.2) is 50.5 Å². The van der Waals surface area contributed by atoms with Crippen LogP contribution in [-0.2, 0) is 4.79 Å². The van der Waals surface area contributed by atoms with E-state index in [0.29, 0.717) is 28.9 Å². The fraction of sp³-hybridized carbons (Fsp3) is 0.417. The third-order valence-electron chi connectivity index (χ3n) is 7.18. The predicted octanol–water partition coefficient (Wildman–Crippen LogP) is 2.51. The van der Waals surface area contributed by atoms with E-state index in [4.69, 9.17) is 4.74 Å². The molecule has 2 aliphatic carbocycles. The number of nitrogens with one attached hydrogen (secondary N) is 1. The zero-order valence-corrected chi connectivity index (χ0v) is 17.7. The summed E-state index contributed by atoms with van der Waals surface area (Å²) in [4.78, 5) is 28.9. The van der Waals surface area contributed by atoms with Gasteiger partial charge in [0.25, 0.3) is 5.91 Å². The maximum atomic E-state index is 13.7. The minimum absolute atomic E-state index is 0.0110. The zero-order valence-electron chi connectivity index (χ0n) is 17.7. The highest BCUT2D eigenvalue weighted by molar-refractivity contribution is 6.04. The topological polar surface area (TPSA) is 80.2 Å². The molecule has 4 heterocycles. The normalized spacial score (nSPS) is 32.6. The molecule has 5 atom stereocenters. The first-order valence-corrected chi connectivity index (χ1v) is 10.9. The third kappa shape index (κ3) is 2.86. The summed E-state index contributed by atoms with van der Waals surface area (Å²) in [5.74, 6) is 1.79. The molecule has 1 spiro atoms. The first kappa shape index (κ1) is 18.5. The number of aryl methyl sites for hydroxylation is 1. The van der Waals surface area contributed by atoms with Crippen LogP contribution in [0.15, 0.2) is 54.5 Å². The quantitative estimate of drug-likeness (QED) is 0.827. The van der Waals surface area contributed by atoms with Crippen molar-refractivity contribution in [2.45, 2.75) is 44.9 Å². The first-order chi connectivity index (χ1) is 15.0. The van der Waals surface area contributed by atoms with E-state index in [9.17, 15) is 4.79 Å². The second-order valence-corrected chi connectivity index (χ2v) is 9.22. The summed E-state index contributed by atoms with van der Waals surface area (Å²) in [7, 11) is 0. The molecule has 2 aromatic rings. The van der Waals surface area contributed by atoms with Gasteiger partial charge in [-0.2, -0.15) is 0 Å². The summed E-state index contributed by atoms with van der Waals surface area (Å²) in [5, 5.41) is 3.39. The van der Waals surface area contributed by atoms with Crippen molar-refractivity contribution < 1.29 is 9.53 Å². The van der Waals surface area contributed by atoms with Crippen molar-refractivity contribution >= 4 is 11.6 Å². The minimum Gasteiger partial charge on any atom is -0.472 e. The minimum atomic E-state index is -0.0110. The molecular weight excluding hydrogens is 390 g/mol. The van der Waals surface area contributed by atoms with Gasteiger partial charge in [-0.1, -0.05) is 12.1 Å². The number of nitrogens with zero attached hydrogens (tertiary/aromatic N) is 4. The summed E-state index contributed by atoms with van der Waals surface area (Å²) in [6, 6.07) is 5.91. The molecule has 1 amide bonds. The lowest BCUT2D eigenvalue weighted by Crippen LogP contribution is -2.59. The van der Waals surface area contributed by atoms with Gasteiger partial charge in [-0.05, 0) is 50.3 Å². The molecule has 7 heteroatoms. The van der Waals surface area contributed by atoms with Crippen LogP contribution in [0.2, 0.25) is 0 Å². The highest BCUT2D eigenvalue weighted by Crippen LogP contribution is 2.71. The van der Waals surface area contributed by atoms with E-state index in [0.717, 1.165) is 18.5 Å². The van der Waals surface area contributed by atoms with Crippen molar-refractivity contribution in [3.63, 3.8) is 0 Å². The average molecular weight is 415 g/mol. The van der Waals surface area contributed by atoms with Crippen LogP contribution in [0.5, 0.6) is 5.88 Å². The van der Waals surface area contributed by atoms with Gasteiger partial charge in [0.15, 0.2) is 5.82 Å². The summed E-state index contributed by atoms with van der Waals surface area (Å²) >= 11 is 0. The van der Waals surface area contributed by atoms with Gasteiger partial charge in [-0.25, -0.2) is 15.0 Å². The molecule has 2 aliphatic heterocycles. The average Bonchev–Trinajstić information content (AvgIpc) is 3.43. The lowest BCUT2D eigenvalue weighted by atomic mass is 9.73. The Labute approximate surface area is 181 Å². The molecule has 1 N–H and O–H groups in total. The Hall–Kier alpha value is -3.22. The van der Waals surface area contributed by atoms with Crippen LogP contribution in [0, 0.1) is 18.3 Å². The number of amides is 1. The molecule has 158 valence electrons. The Kier molecular flexibility index (Phi) is 3.97. The number of carbonyl (C=O) groups is 1. The first-order valence-electron chi connectivity index (χ1n) is 10.9. The Bertz CT molecular complexity index is 1100. The van der Waals surface area contributed by atoms with E-state index in [1.54, 1.807) is 18.5 Å². The maximum Gasteiger partial charge on any atom is 0.256 e. The van der Waals surface area contributed by atoms with Crippen LogP contribution in [0.3, 0.4) is 0 Å². The van der Waals surface area contributed by atoms with Crippen LogP contribution in [0.1, 0.15) is 31.2 Å². The number of ether oxygens (including phenoxy) is 1. The molecule has 6 rings (SSSR count). The highest BCUT2D eigenvalue weighted by atomic mass is 16.5. The van der Waals surface area contributed by atoms with Gasteiger partial charge in [0.2, 0.25) is 5.88 Å². The molecule has 2 saturated carbocycles. The monoisotopic (exact) mass is 415 g/mol. The SMILES string of the molecule is Cc1ccc(OC2CC34CC3CN(C(=O)C3=C(c5ncccn5)NC(C)C=C3)C24)nc1. The number of hydrogen-bond donors (Lipinski definition) is 1. The van der Waals surface area contributed by atoms with Gasteiger partial charge < -0.3 is 15.0 Å². The number of hydrogen-bond acceptors (Lipinski definition) is 6. The van der Waals surface area contributed by atoms with Gasteiger partial charge in [0.05, 0.1) is 17.3 Å². The van der Waals surface area contributed by atoms with Gasteiger partial charge in [-0.3, -0.25) is 4.79 Å². The van der Waals surface area contributed by atoms with Crippen LogP contribution in [0.4, 0.5) is 0 Å². The largest absolute Gasteiger partial charge is 0.472 e. The number of aromatic nitrogens is 3. The van der Waals surface area contributed by atoms with Crippen LogP contribution < -0.4 is 10.1 Å². The van der Waals surface area contributed by atoms with Crippen molar-refractivity contribution in [2.24, 2.45) is 11.3 Å². The van der Waals surface area contributed by atoms with Crippen molar-refractivity contribution in [2.75, 3.05) is 6.54 Å². The molecule has 0 bridgehead atoms. The lowest BCUT2D eigenvalue weighted by Gasteiger charge is -2.47. The number of carbonyl (C=O) groups excluding carboxylic acids is 1. The molecule has 3 fully saturated rings. The number of piperidine rings is 1. The fourth-order valence-electron chi connectivity index (χ4n) is 5.56. The molecule has 5 unspecified atom stereocenters. The Balaban J connectivity index is 1.29. The van der Waals surface area contributed by atoms with Gasteiger partial charge in [0, 0.05) is 42.7 Å². The summed E-state index contributed by atoms with van der Waals surface area (Å²) in [6.45, 7) is 4.85. The van der Waals surface area contributed by atoms with Crippen LogP contribution >= 0.6 is 0 Å². The van der Waals surface area contributed by atoms with E-state index in [2.05, 4.69) is 20.3 Å². The molecule has 0 aromatic carbocycles. The van der Waals surface area contributed by atoms with Gasteiger partial charge in [0.1, 0.15) is 6.10 Å². The number of likely N-dealkylation sites (tertiary alicyclic amines) is 1. The fourth-order valence-corrected chi connectivity index (χ4v) is 5.56. The predicted molar refractivity (Wildman–Crippen MR) is 115 cm³/mol. The van der Waals surface area contributed by atoms with Crippen molar-refractivity contribution in [1.29, 1.82) is 0 Å². The lowest BCUT2D eigenvalue weighted by molar-refractivity contribution is -0.136. The molecule has 1 saturated heterocycles. The van der Waals surface area contributed by atoms with Crippen molar-refractivity contribution in [3.8, 4) is 5.88 Å². The molecular formula is C24H25N5O2. The molecule has 7 nitrogen and oxygen atoms in total. The Morgan fingerprint density at radius 2 is 2.06 bits per heavy atom. The Morgan fingerprint density at radius 3 is 2.84 bits per heavy atom. The van der Waals surface area contributed by atoms with E-state index in [1.165, 1.54) is 6.42 Å². The van der Waals surface area contributed by atoms with Crippen molar-refractivity contribution in [1.82, 2.24) is 25.2 Å². The number of dihydropyridines is 1. The van der Waals surface area contributed by atoms with Gasteiger partial charge in [-0.15, -0.1) is 0 Å².